The van der Waals surface area contributed by atoms with Crippen molar-refractivity contribution >= 4 is 16.8 Å². The zero-order valence-electron chi connectivity index (χ0n) is 14.9. The molecule has 0 aliphatic heterocycles. The van der Waals surface area contributed by atoms with Crippen molar-refractivity contribution in [1.29, 1.82) is 0 Å². The van der Waals surface area contributed by atoms with Crippen molar-refractivity contribution in [3.8, 4) is 0 Å². The van der Waals surface area contributed by atoms with Crippen LogP contribution in [0.15, 0.2) is 53.3 Å². The Morgan fingerprint density at radius 2 is 1.85 bits per heavy atom. The van der Waals surface area contributed by atoms with Crippen molar-refractivity contribution < 1.29 is 9.18 Å². The maximum Gasteiger partial charge on any atom is 0.253 e. The molecule has 1 heterocycles. The van der Waals surface area contributed by atoms with E-state index in [1.807, 2.05) is 31.2 Å². The van der Waals surface area contributed by atoms with Crippen molar-refractivity contribution in [3.05, 3.63) is 81.4 Å². The van der Waals surface area contributed by atoms with Crippen LogP contribution in [0.2, 0.25) is 0 Å². The van der Waals surface area contributed by atoms with E-state index in [9.17, 15) is 14.0 Å². The number of nitrogens with one attached hydrogen (secondary N) is 1. The number of H-pyrrole nitrogens is 1. The summed E-state index contributed by atoms with van der Waals surface area (Å²) in [5.74, 6) is -0.374. The highest BCUT2D eigenvalue weighted by Gasteiger charge is 2.15. The minimum Gasteiger partial charge on any atom is -0.334 e. The molecule has 0 fully saturated rings. The molecule has 0 saturated heterocycles. The third-order valence-corrected chi connectivity index (χ3v) is 4.47. The summed E-state index contributed by atoms with van der Waals surface area (Å²) < 4.78 is 13.1. The topological polar surface area (TPSA) is 53.2 Å². The van der Waals surface area contributed by atoms with Crippen LogP contribution in [0.25, 0.3) is 10.9 Å². The lowest BCUT2D eigenvalue weighted by Crippen LogP contribution is -2.32. The van der Waals surface area contributed by atoms with Crippen LogP contribution >= 0.6 is 0 Å². The number of rotatable bonds is 5. The van der Waals surface area contributed by atoms with Gasteiger partial charge >= 0.3 is 0 Å². The van der Waals surface area contributed by atoms with Crippen LogP contribution < -0.4 is 5.56 Å². The maximum atomic E-state index is 13.1. The van der Waals surface area contributed by atoms with Gasteiger partial charge in [-0.05, 0) is 41.6 Å². The van der Waals surface area contributed by atoms with Gasteiger partial charge in [0.05, 0.1) is 12.1 Å². The number of hydrogen-bond acceptors (Lipinski definition) is 2. The van der Waals surface area contributed by atoms with Gasteiger partial charge in [0.1, 0.15) is 5.82 Å². The molecule has 1 aromatic heterocycles. The average molecular weight is 352 g/mol. The molecule has 0 spiro atoms. The van der Waals surface area contributed by atoms with Gasteiger partial charge in [0.15, 0.2) is 0 Å². The molecule has 4 nitrogen and oxygen atoms in total. The minimum absolute atomic E-state index is 0.0573. The number of amides is 1. The maximum absolute atomic E-state index is 13.1. The first-order valence-corrected chi connectivity index (χ1v) is 8.61. The van der Waals surface area contributed by atoms with Gasteiger partial charge in [-0.3, -0.25) is 9.59 Å². The van der Waals surface area contributed by atoms with Crippen molar-refractivity contribution in [2.45, 2.75) is 33.4 Å². The highest BCUT2D eigenvalue weighted by atomic mass is 19.1. The lowest BCUT2D eigenvalue weighted by molar-refractivity contribution is -0.132. The van der Waals surface area contributed by atoms with E-state index in [1.54, 1.807) is 24.0 Å². The van der Waals surface area contributed by atoms with Gasteiger partial charge in [0.25, 0.3) is 5.56 Å². The van der Waals surface area contributed by atoms with Gasteiger partial charge in [-0.25, -0.2) is 4.39 Å². The van der Waals surface area contributed by atoms with Crippen LogP contribution in [0.5, 0.6) is 0 Å². The number of halogens is 1. The van der Waals surface area contributed by atoms with E-state index in [-0.39, 0.29) is 23.8 Å². The molecule has 1 amide bonds. The van der Waals surface area contributed by atoms with Crippen LogP contribution in [-0.2, 0) is 17.9 Å². The predicted molar refractivity (Wildman–Crippen MR) is 100 cm³/mol. The summed E-state index contributed by atoms with van der Waals surface area (Å²) in [5, 5.41) is 0.935. The molecule has 1 N–H and O–H groups in total. The lowest BCUT2D eigenvalue weighted by Gasteiger charge is -2.22. The second kappa shape index (κ2) is 7.52. The van der Waals surface area contributed by atoms with Crippen LogP contribution in [-0.4, -0.2) is 15.8 Å². The molecule has 0 unspecified atom stereocenters. The molecular formula is C21H21FN2O2. The van der Waals surface area contributed by atoms with Gasteiger partial charge in [0.2, 0.25) is 5.91 Å². The number of carbonyl (C=O) groups is 1. The third kappa shape index (κ3) is 3.82. The molecular weight excluding hydrogens is 331 g/mol. The number of aromatic amines is 1. The number of para-hydroxylation sites is 1. The Kier molecular flexibility index (Phi) is 5.16. The van der Waals surface area contributed by atoms with Crippen molar-refractivity contribution in [1.82, 2.24) is 9.88 Å². The van der Waals surface area contributed by atoms with E-state index < -0.39 is 0 Å². The predicted octanol–water partition coefficient (Wildman–Crippen LogP) is 3.91. The molecule has 0 saturated carbocycles. The molecule has 134 valence electrons. The first kappa shape index (κ1) is 17.9. The van der Waals surface area contributed by atoms with Gasteiger partial charge in [-0.1, -0.05) is 37.3 Å². The smallest absolute Gasteiger partial charge is 0.253 e. The van der Waals surface area contributed by atoms with E-state index in [0.29, 0.717) is 18.5 Å². The zero-order valence-corrected chi connectivity index (χ0v) is 14.9. The molecule has 0 radical (unpaired) electrons. The number of carbonyl (C=O) groups excluding carboxylic acids is 1. The quantitative estimate of drug-likeness (QED) is 0.757. The molecule has 26 heavy (non-hydrogen) atoms. The summed E-state index contributed by atoms with van der Waals surface area (Å²) in [4.78, 5) is 29.4. The van der Waals surface area contributed by atoms with E-state index >= 15 is 0 Å². The molecule has 0 bridgehead atoms. The average Bonchev–Trinajstić information content (AvgIpc) is 2.63. The second-order valence-electron chi connectivity index (χ2n) is 6.39. The molecule has 0 aliphatic rings. The molecule has 3 aromatic rings. The molecule has 2 aromatic carbocycles. The minimum atomic E-state index is -0.316. The highest BCUT2D eigenvalue weighted by Crippen LogP contribution is 2.17. The zero-order chi connectivity index (χ0) is 18.7. The Balaban J connectivity index is 1.92. The van der Waals surface area contributed by atoms with Gasteiger partial charge < -0.3 is 9.88 Å². The van der Waals surface area contributed by atoms with Crippen LogP contribution in [0.1, 0.15) is 30.0 Å². The van der Waals surface area contributed by atoms with E-state index in [0.717, 1.165) is 22.0 Å². The second-order valence-corrected chi connectivity index (χ2v) is 6.39. The van der Waals surface area contributed by atoms with Gasteiger partial charge in [-0.15, -0.1) is 0 Å². The van der Waals surface area contributed by atoms with Crippen LogP contribution in [0, 0.1) is 12.7 Å². The van der Waals surface area contributed by atoms with E-state index in [4.69, 9.17) is 0 Å². The van der Waals surface area contributed by atoms with Crippen LogP contribution in [0.3, 0.4) is 0 Å². The number of aryl methyl sites for hydroxylation is 1. The van der Waals surface area contributed by atoms with Crippen molar-refractivity contribution in [2.75, 3.05) is 0 Å². The molecule has 3 rings (SSSR count). The Morgan fingerprint density at radius 1 is 1.12 bits per heavy atom. The number of hydrogen-bond donors (Lipinski definition) is 1. The first-order chi connectivity index (χ1) is 12.5. The first-order valence-electron chi connectivity index (χ1n) is 8.61. The van der Waals surface area contributed by atoms with Crippen molar-refractivity contribution in [2.24, 2.45) is 0 Å². The fourth-order valence-corrected chi connectivity index (χ4v) is 3.02. The Bertz CT molecular complexity index is 993. The summed E-state index contributed by atoms with van der Waals surface area (Å²) in [5.41, 5.74) is 2.97. The Morgan fingerprint density at radius 3 is 2.54 bits per heavy atom. The SMILES string of the molecule is CCC(=O)N(Cc1ccc(F)cc1)Cc1cc2cccc(C)c2[nH]c1=O. The van der Waals surface area contributed by atoms with Crippen LogP contribution in [0.4, 0.5) is 4.39 Å². The summed E-state index contributed by atoms with van der Waals surface area (Å²) in [6, 6.07) is 13.7. The van der Waals surface area contributed by atoms with Gasteiger partial charge in [0, 0.05) is 18.5 Å². The number of pyridine rings is 1. The fraction of sp³-hybridized carbons (Fsp3) is 0.238. The highest BCUT2D eigenvalue weighted by molar-refractivity contribution is 5.82. The molecule has 5 heteroatoms. The third-order valence-electron chi connectivity index (χ3n) is 4.47. The number of aromatic nitrogens is 1. The lowest BCUT2D eigenvalue weighted by atomic mass is 10.1. The molecule has 0 aliphatic carbocycles. The normalized spacial score (nSPS) is 10.9. The summed E-state index contributed by atoms with van der Waals surface area (Å²) >= 11 is 0. The monoisotopic (exact) mass is 352 g/mol. The Hall–Kier alpha value is -2.95. The number of fused-ring (bicyclic) bond motifs is 1. The number of benzene rings is 2. The van der Waals surface area contributed by atoms with Gasteiger partial charge in [-0.2, -0.15) is 0 Å². The fourth-order valence-electron chi connectivity index (χ4n) is 3.02. The van der Waals surface area contributed by atoms with E-state index in [2.05, 4.69) is 4.98 Å². The summed E-state index contributed by atoms with van der Waals surface area (Å²) in [6.45, 7) is 4.27. The Labute approximate surface area is 151 Å². The summed E-state index contributed by atoms with van der Waals surface area (Å²) in [6.07, 6.45) is 0.339. The largest absolute Gasteiger partial charge is 0.334 e. The summed E-state index contributed by atoms with van der Waals surface area (Å²) in [7, 11) is 0. The standard InChI is InChI=1S/C21H21FN2O2/c1-3-19(25)24(12-15-7-9-18(22)10-8-15)13-17-11-16-6-4-5-14(2)20(16)23-21(17)26/h4-11H,3,12-13H2,1-2H3,(H,23,26). The molecule has 0 atom stereocenters. The van der Waals surface area contributed by atoms with E-state index in [1.165, 1.54) is 12.1 Å². The van der Waals surface area contributed by atoms with Crippen molar-refractivity contribution in [3.63, 3.8) is 0 Å². The number of nitrogens with zero attached hydrogens (tertiary/aromatic N) is 1.